The largest absolute Gasteiger partial charge is 0.341 e. The Labute approximate surface area is 154 Å². The predicted octanol–water partition coefficient (Wildman–Crippen LogP) is 2.18. The summed E-state index contributed by atoms with van der Waals surface area (Å²) in [6.45, 7) is 4.34. The molecule has 1 aliphatic carbocycles. The average molecular weight is 357 g/mol. The zero-order chi connectivity index (χ0) is 18.5. The maximum Gasteiger partial charge on any atom is 0.233 e. The number of benzene rings is 1. The van der Waals surface area contributed by atoms with Crippen LogP contribution in [0.4, 0.5) is 5.69 Å². The lowest BCUT2D eigenvalue weighted by atomic mass is 9.84. The maximum absolute atomic E-state index is 12.5. The van der Waals surface area contributed by atoms with Crippen molar-refractivity contribution in [1.82, 2.24) is 9.80 Å². The van der Waals surface area contributed by atoms with Gasteiger partial charge in [0.15, 0.2) is 0 Å². The zero-order valence-electron chi connectivity index (χ0n) is 15.4. The highest BCUT2D eigenvalue weighted by molar-refractivity contribution is 6.03. The van der Waals surface area contributed by atoms with E-state index < -0.39 is 0 Å². The first-order valence-corrected chi connectivity index (χ1v) is 9.46. The Kier molecular flexibility index (Phi) is 5.91. The first kappa shape index (κ1) is 18.4. The molecule has 1 saturated heterocycles. The number of nitrogens with zero attached hydrogens (tertiary/aromatic N) is 2. The topological polar surface area (TPSA) is 69.7 Å². The van der Waals surface area contributed by atoms with E-state index in [2.05, 4.69) is 5.32 Å². The molecule has 1 N–H and O–H groups in total. The molecule has 0 aromatic heterocycles. The highest BCUT2D eigenvalue weighted by atomic mass is 16.2. The summed E-state index contributed by atoms with van der Waals surface area (Å²) in [6.07, 6.45) is 3.74. The van der Waals surface area contributed by atoms with Gasteiger partial charge in [-0.25, -0.2) is 0 Å². The normalized spacial score (nSPS) is 18.0. The number of aryl methyl sites for hydroxylation is 1. The zero-order valence-corrected chi connectivity index (χ0v) is 15.4. The van der Waals surface area contributed by atoms with Gasteiger partial charge in [-0.05, 0) is 43.9 Å². The summed E-state index contributed by atoms with van der Waals surface area (Å²) in [5.74, 6) is -0.0413. The van der Waals surface area contributed by atoms with Crippen LogP contribution in [0.3, 0.4) is 0 Å². The highest BCUT2D eigenvalue weighted by Gasteiger charge is 2.31. The van der Waals surface area contributed by atoms with Gasteiger partial charge >= 0.3 is 0 Å². The van der Waals surface area contributed by atoms with Gasteiger partial charge in [-0.2, -0.15) is 0 Å². The third-order valence-corrected chi connectivity index (χ3v) is 5.23. The van der Waals surface area contributed by atoms with Crippen molar-refractivity contribution in [3.63, 3.8) is 0 Å². The Morgan fingerprint density at radius 1 is 1.04 bits per heavy atom. The molecule has 0 atom stereocenters. The Morgan fingerprint density at radius 2 is 1.77 bits per heavy atom. The lowest BCUT2D eigenvalue weighted by Gasteiger charge is -2.31. The Hall–Kier alpha value is -2.37. The molecule has 140 valence electrons. The first-order chi connectivity index (χ1) is 12.5. The monoisotopic (exact) mass is 357 g/mol. The maximum atomic E-state index is 12.5. The fourth-order valence-corrected chi connectivity index (χ4v) is 3.48. The van der Waals surface area contributed by atoms with Crippen molar-refractivity contribution in [3.8, 4) is 0 Å². The van der Waals surface area contributed by atoms with Gasteiger partial charge in [0, 0.05) is 37.8 Å². The molecule has 26 heavy (non-hydrogen) atoms. The summed E-state index contributed by atoms with van der Waals surface area (Å²) in [5.41, 5.74) is 1.76. The van der Waals surface area contributed by atoms with Crippen molar-refractivity contribution in [1.29, 1.82) is 0 Å². The Bertz CT molecular complexity index is 685. The molecule has 2 fully saturated rings. The summed E-state index contributed by atoms with van der Waals surface area (Å²) in [5, 5.41) is 2.77. The molecular formula is C20H27N3O3. The highest BCUT2D eigenvalue weighted by Crippen LogP contribution is 2.28. The SMILES string of the molecule is Cc1cccc(NC(=O)CC(=O)N2CCCN(C(=O)C3CCC3)CC2)c1. The first-order valence-electron chi connectivity index (χ1n) is 9.46. The molecule has 2 aliphatic rings. The average Bonchev–Trinajstić information content (AvgIpc) is 2.79. The lowest BCUT2D eigenvalue weighted by Crippen LogP contribution is -2.42. The summed E-state index contributed by atoms with van der Waals surface area (Å²) in [4.78, 5) is 40.6. The van der Waals surface area contributed by atoms with E-state index in [0.29, 0.717) is 31.9 Å². The van der Waals surface area contributed by atoms with Crippen molar-refractivity contribution in [2.45, 2.75) is 39.0 Å². The quantitative estimate of drug-likeness (QED) is 0.840. The molecule has 6 nitrogen and oxygen atoms in total. The molecule has 0 spiro atoms. The van der Waals surface area contributed by atoms with E-state index in [0.717, 1.165) is 31.2 Å². The number of nitrogens with one attached hydrogen (secondary N) is 1. The Morgan fingerprint density at radius 3 is 2.46 bits per heavy atom. The second-order valence-electron chi connectivity index (χ2n) is 7.28. The standard InChI is InChI=1S/C20H27N3O3/c1-15-5-2-8-17(13-15)21-18(24)14-19(25)22-9-4-10-23(12-11-22)20(26)16-6-3-7-16/h2,5,8,13,16H,3-4,6-7,9-12,14H2,1H3,(H,21,24). The van der Waals surface area contributed by atoms with Gasteiger partial charge < -0.3 is 15.1 Å². The summed E-state index contributed by atoms with van der Waals surface area (Å²) < 4.78 is 0. The number of anilines is 1. The van der Waals surface area contributed by atoms with Crippen molar-refractivity contribution in [2.24, 2.45) is 5.92 Å². The molecule has 1 heterocycles. The van der Waals surface area contributed by atoms with E-state index in [1.165, 1.54) is 0 Å². The van der Waals surface area contributed by atoms with Gasteiger partial charge in [0.2, 0.25) is 17.7 Å². The lowest BCUT2D eigenvalue weighted by molar-refractivity contribution is -0.139. The van der Waals surface area contributed by atoms with Crippen LogP contribution in [0.1, 0.15) is 37.7 Å². The second-order valence-corrected chi connectivity index (χ2v) is 7.28. The molecule has 1 aliphatic heterocycles. The van der Waals surface area contributed by atoms with Gasteiger partial charge in [-0.15, -0.1) is 0 Å². The molecule has 3 amide bonds. The van der Waals surface area contributed by atoms with Crippen LogP contribution in [0.15, 0.2) is 24.3 Å². The van der Waals surface area contributed by atoms with Crippen LogP contribution in [0, 0.1) is 12.8 Å². The molecule has 6 heteroatoms. The number of hydrogen-bond acceptors (Lipinski definition) is 3. The third kappa shape index (κ3) is 4.62. The van der Waals surface area contributed by atoms with Crippen LogP contribution in [-0.4, -0.2) is 53.7 Å². The van der Waals surface area contributed by atoms with Gasteiger partial charge in [-0.3, -0.25) is 14.4 Å². The van der Waals surface area contributed by atoms with Crippen LogP contribution >= 0.6 is 0 Å². The van der Waals surface area contributed by atoms with Crippen LogP contribution in [0.5, 0.6) is 0 Å². The molecule has 3 rings (SSSR count). The van der Waals surface area contributed by atoms with Gasteiger partial charge in [0.1, 0.15) is 6.42 Å². The van der Waals surface area contributed by atoms with Crippen LogP contribution in [0.2, 0.25) is 0 Å². The molecule has 0 bridgehead atoms. The number of carbonyl (C=O) groups excluding carboxylic acids is 3. The predicted molar refractivity (Wildman–Crippen MR) is 99.5 cm³/mol. The molecule has 0 radical (unpaired) electrons. The van der Waals surface area contributed by atoms with Gasteiger partial charge in [0.25, 0.3) is 0 Å². The fraction of sp³-hybridized carbons (Fsp3) is 0.550. The van der Waals surface area contributed by atoms with Crippen LogP contribution in [0.25, 0.3) is 0 Å². The Balaban J connectivity index is 1.48. The second kappa shape index (κ2) is 8.34. The van der Waals surface area contributed by atoms with Crippen molar-refractivity contribution in [3.05, 3.63) is 29.8 Å². The smallest absolute Gasteiger partial charge is 0.233 e. The van der Waals surface area contributed by atoms with E-state index >= 15 is 0 Å². The van der Waals surface area contributed by atoms with Crippen LogP contribution < -0.4 is 5.32 Å². The molecule has 1 saturated carbocycles. The summed E-state index contributed by atoms with van der Waals surface area (Å²) in [7, 11) is 0. The summed E-state index contributed by atoms with van der Waals surface area (Å²) in [6, 6.07) is 7.51. The van der Waals surface area contributed by atoms with Crippen molar-refractivity contribution in [2.75, 3.05) is 31.5 Å². The fourth-order valence-electron chi connectivity index (χ4n) is 3.48. The molecule has 1 aromatic rings. The van der Waals surface area contributed by atoms with E-state index in [1.54, 1.807) is 4.90 Å². The van der Waals surface area contributed by atoms with Crippen LogP contribution in [-0.2, 0) is 14.4 Å². The molecule has 0 unspecified atom stereocenters. The van der Waals surface area contributed by atoms with E-state index in [-0.39, 0.29) is 30.1 Å². The number of hydrogen-bond donors (Lipinski definition) is 1. The minimum Gasteiger partial charge on any atom is -0.341 e. The third-order valence-electron chi connectivity index (χ3n) is 5.23. The minimum absolute atomic E-state index is 0.162. The van der Waals surface area contributed by atoms with Gasteiger partial charge in [-0.1, -0.05) is 18.6 Å². The van der Waals surface area contributed by atoms with E-state index in [9.17, 15) is 14.4 Å². The molecular weight excluding hydrogens is 330 g/mol. The van der Waals surface area contributed by atoms with Crippen molar-refractivity contribution < 1.29 is 14.4 Å². The van der Waals surface area contributed by atoms with Crippen molar-refractivity contribution >= 4 is 23.4 Å². The minimum atomic E-state index is -0.299. The van der Waals surface area contributed by atoms with Gasteiger partial charge in [0.05, 0.1) is 0 Å². The molecule has 1 aromatic carbocycles. The van der Waals surface area contributed by atoms with E-state index in [4.69, 9.17) is 0 Å². The number of amides is 3. The number of carbonyl (C=O) groups is 3. The van der Waals surface area contributed by atoms with E-state index in [1.807, 2.05) is 36.1 Å². The summed E-state index contributed by atoms with van der Waals surface area (Å²) >= 11 is 0. The number of rotatable bonds is 4.